The van der Waals surface area contributed by atoms with E-state index in [1.54, 1.807) is 7.11 Å². The molecular weight excluding hydrogens is 252 g/mol. The largest absolute Gasteiger partial charge is 0.381 e. The molecule has 0 aromatic carbocycles. The summed E-state index contributed by atoms with van der Waals surface area (Å²) in [5.41, 5.74) is 1.08. The second-order valence-corrected chi connectivity index (χ2v) is 6.39. The molecule has 1 aliphatic heterocycles. The average molecular weight is 278 g/mol. The van der Waals surface area contributed by atoms with Crippen molar-refractivity contribution in [3.8, 4) is 0 Å². The topological polar surface area (TPSA) is 50.3 Å². The number of anilines is 1. The van der Waals surface area contributed by atoms with Crippen molar-refractivity contribution in [3.63, 3.8) is 0 Å². The fraction of sp³-hybridized carbons (Fsp3) is 0.733. The first-order valence-corrected chi connectivity index (χ1v) is 7.31. The Morgan fingerprint density at radius 2 is 2.00 bits per heavy atom. The highest BCUT2D eigenvalue weighted by Gasteiger charge is 2.20. The molecule has 0 radical (unpaired) electrons. The molecule has 1 N–H and O–H groups in total. The van der Waals surface area contributed by atoms with Gasteiger partial charge in [0, 0.05) is 38.5 Å². The molecule has 2 heterocycles. The first kappa shape index (κ1) is 15.2. The Kier molecular flexibility index (Phi) is 4.94. The number of nitrogens with one attached hydrogen (secondary N) is 1. The molecule has 0 aliphatic carbocycles. The molecule has 0 saturated carbocycles. The molecule has 5 heteroatoms. The number of methoxy groups -OCH3 is 1. The third-order valence-corrected chi connectivity index (χ3v) is 3.57. The summed E-state index contributed by atoms with van der Waals surface area (Å²) in [5.74, 6) is 0.979. The molecule has 20 heavy (non-hydrogen) atoms. The predicted molar refractivity (Wildman–Crippen MR) is 80.9 cm³/mol. The Hall–Kier alpha value is -1.20. The predicted octanol–water partition coefficient (Wildman–Crippen LogP) is 1.98. The summed E-state index contributed by atoms with van der Waals surface area (Å²) in [6, 6.07) is 0. The van der Waals surface area contributed by atoms with Gasteiger partial charge in [0.2, 0.25) is 0 Å². The average Bonchev–Trinajstić information content (AvgIpc) is 2.45. The van der Waals surface area contributed by atoms with Crippen LogP contribution in [0.4, 0.5) is 5.82 Å². The molecule has 1 aromatic rings. The summed E-state index contributed by atoms with van der Waals surface area (Å²) in [5, 5.41) is 3.44. The highest BCUT2D eigenvalue weighted by Crippen LogP contribution is 2.18. The third kappa shape index (κ3) is 4.42. The molecule has 0 atom stereocenters. The van der Waals surface area contributed by atoms with Crippen molar-refractivity contribution in [2.24, 2.45) is 0 Å². The van der Waals surface area contributed by atoms with Crippen LogP contribution < -0.4 is 10.2 Å². The minimum absolute atomic E-state index is 0.0918. The Morgan fingerprint density at radius 1 is 1.30 bits per heavy atom. The van der Waals surface area contributed by atoms with Gasteiger partial charge in [-0.25, -0.2) is 4.98 Å². The second kappa shape index (κ2) is 6.50. The quantitative estimate of drug-likeness (QED) is 0.912. The summed E-state index contributed by atoms with van der Waals surface area (Å²) in [7, 11) is 1.79. The molecule has 1 aliphatic rings. The number of ether oxygens (including phenoxy) is 1. The van der Waals surface area contributed by atoms with Crippen LogP contribution in [0.25, 0.3) is 0 Å². The van der Waals surface area contributed by atoms with Gasteiger partial charge in [0.25, 0.3) is 0 Å². The molecule has 1 saturated heterocycles. The van der Waals surface area contributed by atoms with Crippen molar-refractivity contribution in [2.45, 2.75) is 51.8 Å². The molecule has 5 nitrogen and oxygen atoms in total. The van der Waals surface area contributed by atoms with Gasteiger partial charge in [-0.1, -0.05) is 0 Å². The summed E-state index contributed by atoms with van der Waals surface area (Å²) < 4.78 is 5.40. The second-order valence-electron chi connectivity index (χ2n) is 6.39. The van der Waals surface area contributed by atoms with Crippen LogP contribution in [0.1, 0.15) is 39.3 Å². The molecule has 0 spiro atoms. The lowest BCUT2D eigenvalue weighted by atomic mass is 10.1. The number of hydrogen-bond acceptors (Lipinski definition) is 5. The first-order chi connectivity index (χ1) is 9.48. The van der Waals surface area contributed by atoms with E-state index < -0.39 is 0 Å². The zero-order valence-electron chi connectivity index (χ0n) is 13.0. The lowest BCUT2D eigenvalue weighted by Gasteiger charge is -2.32. The summed E-state index contributed by atoms with van der Waals surface area (Å²) in [6.45, 7) is 9.19. The molecule has 112 valence electrons. The monoisotopic (exact) mass is 278 g/mol. The van der Waals surface area contributed by atoms with Crippen LogP contribution >= 0.6 is 0 Å². The maximum Gasteiger partial charge on any atom is 0.147 e. The molecule has 0 bridgehead atoms. The van der Waals surface area contributed by atoms with E-state index in [2.05, 4.69) is 36.0 Å². The van der Waals surface area contributed by atoms with Crippen molar-refractivity contribution in [2.75, 3.05) is 25.1 Å². The van der Waals surface area contributed by atoms with Crippen molar-refractivity contribution in [1.29, 1.82) is 0 Å². The van der Waals surface area contributed by atoms with E-state index in [-0.39, 0.29) is 5.54 Å². The van der Waals surface area contributed by atoms with Crippen LogP contribution in [-0.4, -0.2) is 41.8 Å². The van der Waals surface area contributed by atoms with Crippen molar-refractivity contribution in [1.82, 2.24) is 15.3 Å². The van der Waals surface area contributed by atoms with E-state index in [0.29, 0.717) is 6.10 Å². The SMILES string of the molecule is COC1CCN(c2cncc(CNC(C)(C)C)n2)CC1. The lowest BCUT2D eigenvalue weighted by molar-refractivity contribution is 0.0818. The maximum absolute atomic E-state index is 5.40. The van der Waals surface area contributed by atoms with E-state index in [4.69, 9.17) is 9.72 Å². The van der Waals surface area contributed by atoms with E-state index in [1.165, 1.54) is 0 Å². The number of nitrogens with zero attached hydrogens (tertiary/aromatic N) is 3. The van der Waals surface area contributed by atoms with E-state index >= 15 is 0 Å². The van der Waals surface area contributed by atoms with Crippen LogP contribution in [-0.2, 0) is 11.3 Å². The maximum atomic E-state index is 5.40. The van der Waals surface area contributed by atoms with Gasteiger partial charge < -0.3 is 15.0 Å². The van der Waals surface area contributed by atoms with E-state index in [9.17, 15) is 0 Å². The summed E-state index contributed by atoms with van der Waals surface area (Å²) in [6.07, 6.45) is 6.20. The highest BCUT2D eigenvalue weighted by molar-refractivity contribution is 5.36. The molecule has 2 rings (SSSR count). The number of rotatable bonds is 4. The molecule has 1 fully saturated rings. The first-order valence-electron chi connectivity index (χ1n) is 7.31. The normalized spacial score (nSPS) is 17.5. The zero-order valence-corrected chi connectivity index (χ0v) is 13.0. The number of aromatic nitrogens is 2. The van der Waals surface area contributed by atoms with Gasteiger partial charge in [0.05, 0.1) is 18.0 Å². The zero-order chi connectivity index (χ0) is 14.6. The summed E-state index contributed by atoms with van der Waals surface area (Å²) >= 11 is 0. The molecule has 0 unspecified atom stereocenters. The Bertz CT molecular complexity index is 422. The van der Waals surface area contributed by atoms with Gasteiger partial charge in [-0.2, -0.15) is 0 Å². The Labute approximate surface area is 121 Å². The van der Waals surface area contributed by atoms with Crippen LogP contribution in [0.2, 0.25) is 0 Å². The summed E-state index contributed by atoms with van der Waals surface area (Å²) in [4.78, 5) is 11.3. The fourth-order valence-electron chi connectivity index (χ4n) is 2.31. The standard InChI is InChI=1S/C15H26N4O/c1-15(2,3)17-10-12-9-16-11-14(18-12)19-7-5-13(20-4)6-8-19/h9,11,13,17H,5-8,10H2,1-4H3. The van der Waals surface area contributed by atoms with Crippen molar-refractivity contribution >= 4 is 5.82 Å². The smallest absolute Gasteiger partial charge is 0.147 e. The third-order valence-electron chi connectivity index (χ3n) is 3.57. The molecule has 1 aromatic heterocycles. The van der Waals surface area contributed by atoms with Gasteiger partial charge in [-0.05, 0) is 33.6 Å². The molecular formula is C15H26N4O. The van der Waals surface area contributed by atoms with Crippen LogP contribution in [0, 0.1) is 0 Å². The lowest BCUT2D eigenvalue weighted by Crippen LogP contribution is -2.38. The van der Waals surface area contributed by atoms with Crippen LogP contribution in [0.15, 0.2) is 12.4 Å². The van der Waals surface area contributed by atoms with Gasteiger partial charge in [0.1, 0.15) is 5.82 Å². The Balaban J connectivity index is 1.96. The molecule has 0 amide bonds. The fourth-order valence-corrected chi connectivity index (χ4v) is 2.31. The van der Waals surface area contributed by atoms with Crippen molar-refractivity contribution in [3.05, 3.63) is 18.1 Å². The minimum Gasteiger partial charge on any atom is -0.381 e. The van der Waals surface area contributed by atoms with Gasteiger partial charge in [-0.3, -0.25) is 4.98 Å². The van der Waals surface area contributed by atoms with Gasteiger partial charge >= 0.3 is 0 Å². The van der Waals surface area contributed by atoms with Crippen LogP contribution in [0.5, 0.6) is 0 Å². The van der Waals surface area contributed by atoms with Crippen LogP contribution in [0.3, 0.4) is 0 Å². The van der Waals surface area contributed by atoms with Gasteiger partial charge in [0.15, 0.2) is 0 Å². The minimum atomic E-state index is 0.0918. The highest BCUT2D eigenvalue weighted by atomic mass is 16.5. The van der Waals surface area contributed by atoms with Crippen molar-refractivity contribution < 1.29 is 4.74 Å². The van der Waals surface area contributed by atoms with Gasteiger partial charge in [-0.15, -0.1) is 0 Å². The Morgan fingerprint density at radius 3 is 2.60 bits per heavy atom. The number of piperidine rings is 1. The van der Waals surface area contributed by atoms with E-state index in [0.717, 1.165) is 44.0 Å². The number of hydrogen-bond donors (Lipinski definition) is 1. The van der Waals surface area contributed by atoms with E-state index in [1.807, 2.05) is 12.4 Å².